The van der Waals surface area contributed by atoms with Crippen molar-refractivity contribution >= 4 is 23.4 Å². The molecule has 3 saturated carbocycles. The number of aromatic nitrogens is 2. The van der Waals surface area contributed by atoms with E-state index < -0.39 is 40.9 Å². The van der Waals surface area contributed by atoms with Gasteiger partial charge < -0.3 is 20.8 Å². The number of ether oxygens (including phenoxy) is 1. The van der Waals surface area contributed by atoms with Gasteiger partial charge in [-0.05, 0) is 67.9 Å². The second-order valence-electron chi connectivity index (χ2n) is 13.9. The molecule has 0 bridgehead atoms. The minimum atomic E-state index is -0.964. The largest absolute Gasteiger partial charge is 0.460 e. The fourth-order valence-corrected chi connectivity index (χ4v) is 9.26. The molecule has 0 aliphatic heterocycles. The van der Waals surface area contributed by atoms with E-state index in [1.54, 1.807) is 25.3 Å². The van der Waals surface area contributed by atoms with Crippen molar-refractivity contribution in [3.8, 4) is 0 Å². The number of carbonyl (C=O) groups is 4. The molecule has 4 N–H and O–H groups in total. The highest BCUT2D eigenvalue weighted by Crippen LogP contribution is 2.71. The highest BCUT2D eigenvalue weighted by Gasteiger charge is 2.69. The van der Waals surface area contributed by atoms with Crippen molar-refractivity contribution in [1.82, 2.24) is 15.3 Å². The lowest BCUT2D eigenvalue weighted by atomic mass is 9.44. The molecule has 9 nitrogen and oxygen atoms in total. The second kappa shape index (κ2) is 10.9. The topological polar surface area (TPSA) is 144 Å². The summed E-state index contributed by atoms with van der Waals surface area (Å²) in [6, 6.07) is -1.76. The van der Waals surface area contributed by atoms with Gasteiger partial charge in [-0.3, -0.25) is 14.4 Å². The number of nitrogens with two attached hydrogens (primary N) is 1. The van der Waals surface area contributed by atoms with Gasteiger partial charge in [0, 0.05) is 41.5 Å². The van der Waals surface area contributed by atoms with Gasteiger partial charge in [0.05, 0.1) is 12.4 Å². The molecule has 0 saturated heterocycles. The van der Waals surface area contributed by atoms with Gasteiger partial charge in [-0.15, -0.1) is 0 Å². The first kappa shape index (κ1) is 30.4. The maximum Gasteiger partial charge on any atom is 0.329 e. The quantitative estimate of drug-likeness (QED) is 0.398. The molecule has 0 aromatic carbocycles. The van der Waals surface area contributed by atoms with Crippen molar-refractivity contribution in [2.24, 2.45) is 45.7 Å². The average molecular weight is 579 g/mol. The lowest BCUT2D eigenvalue weighted by molar-refractivity contribution is -0.182. The van der Waals surface area contributed by atoms with E-state index in [-0.39, 0.29) is 47.1 Å². The number of ketones is 2. The van der Waals surface area contributed by atoms with Gasteiger partial charge in [0.15, 0.2) is 5.78 Å². The Bertz CT molecular complexity index is 1320. The van der Waals surface area contributed by atoms with Crippen LogP contribution in [0.4, 0.5) is 0 Å². The Morgan fingerprint density at radius 1 is 1.26 bits per heavy atom. The number of H-pyrrole nitrogens is 1. The van der Waals surface area contributed by atoms with Gasteiger partial charge in [-0.2, -0.15) is 0 Å². The third-order valence-electron chi connectivity index (χ3n) is 11.8. The molecule has 3 fully saturated rings. The molecule has 42 heavy (non-hydrogen) atoms. The summed E-state index contributed by atoms with van der Waals surface area (Å²) >= 11 is 0. The summed E-state index contributed by atoms with van der Waals surface area (Å²) in [4.78, 5) is 59.8. The first-order chi connectivity index (χ1) is 19.8. The Morgan fingerprint density at radius 2 is 2.00 bits per heavy atom. The van der Waals surface area contributed by atoms with Crippen LogP contribution >= 0.6 is 0 Å². The fourth-order valence-electron chi connectivity index (χ4n) is 9.26. The zero-order valence-corrected chi connectivity index (χ0v) is 25.7. The van der Waals surface area contributed by atoms with Crippen LogP contribution in [0.2, 0.25) is 0 Å². The van der Waals surface area contributed by atoms with Crippen LogP contribution in [-0.2, 0) is 30.3 Å². The van der Waals surface area contributed by atoms with Crippen LogP contribution in [0.15, 0.2) is 36.3 Å². The number of hydrogen-bond donors (Lipinski definition) is 3. The highest BCUT2D eigenvalue weighted by molar-refractivity contribution is 6.01. The van der Waals surface area contributed by atoms with E-state index in [2.05, 4.69) is 43.0 Å². The maximum atomic E-state index is 14.0. The lowest BCUT2D eigenvalue weighted by Crippen LogP contribution is -2.60. The zero-order valence-electron chi connectivity index (χ0n) is 25.7. The second-order valence-corrected chi connectivity index (χ2v) is 13.9. The predicted molar refractivity (Wildman–Crippen MR) is 158 cm³/mol. The number of rotatable bonds is 8. The number of allylic oxidation sites excluding steroid dienone is 4. The summed E-state index contributed by atoms with van der Waals surface area (Å²) < 4.78 is 6.52. The molecule has 1 aromatic rings. The minimum Gasteiger partial charge on any atom is -0.460 e. The number of hydrogen-bond acceptors (Lipinski definition) is 7. The molecule has 5 rings (SSSR count). The van der Waals surface area contributed by atoms with Gasteiger partial charge in [0.1, 0.15) is 17.9 Å². The molecule has 4 aliphatic rings. The summed E-state index contributed by atoms with van der Waals surface area (Å²) in [5.74, 6) is -0.0987. The van der Waals surface area contributed by atoms with E-state index in [0.717, 1.165) is 24.8 Å². The summed E-state index contributed by atoms with van der Waals surface area (Å²) in [5.41, 5.74) is 6.23. The van der Waals surface area contributed by atoms with E-state index >= 15 is 0 Å². The highest BCUT2D eigenvalue weighted by atomic mass is 16.5. The Hall–Kier alpha value is -3.07. The van der Waals surface area contributed by atoms with E-state index in [1.165, 1.54) is 6.33 Å². The first-order valence-electron chi connectivity index (χ1n) is 15.5. The number of imidazole rings is 1. The normalized spacial score (nSPS) is 38.4. The van der Waals surface area contributed by atoms with Crippen LogP contribution in [0.25, 0.3) is 0 Å². The minimum absolute atomic E-state index is 0.0102. The molecular weight excluding hydrogens is 532 g/mol. The van der Waals surface area contributed by atoms with E-state index in [4.69, 9.17) is 10.5 Å². The molecule has 228 valence electrons. The van der Waals surface area contributed by atoms with E-state index in [0.29, 0.717) is 18.5 Å². The number of nitrogens with one attached hydrogen (secondary N) is 2. The van der Waals surface area contributed by atoms with Crippen molar-refractivity contribution in [1.29, 1.82) is 0 Å². The van der Waals surface area contributed by atoms with Crippen LogP contribution in [0.1, 0.15) is 79.3 Å². The van der Waals surface area contributed by atoms with Gasteiger partial charge in [-0.1, -0.05) is 46.3 Å². The van der Waals surface area contributed by atoms with Gasteiger partial charge in [0.25, 0.3) is 0 Å². The summed E-state index contributed by atoms with van der Waals surface area (Å²) in [6.45, 7) is 12.2. The number of carbonyl (C=O) groups excluding carboxylic acids is 4. The third-order valence-corrected chi connectivity index (χ3v) is 11.8. The van der Waals surface area contributed by atoms with Crippen LogP contribution in [0.3, 0.4) is 0 Å². The van der Waals surface area contributed by atoms with Gasteiger partial charge in [0.2, 0.25) is 5.91 Å². The number of nitrogens with zero attached hydrogens (tertiary/aromatic N) is 1. The first-order valence-corrected chi connectivity index (χ1v) is 15.5. The number of amides is 1. The van der Waals surface area contributed by atoms with Crippen molar-refractivity contribution < 1.29 is 23.9 Å². The fraction of sp³-hybridized carbons (Fsp3) is 0.667. The molecule has 10 atom stereocenters. The van der Waals surface area contributed by atoms with Gasteiger partial charge in [-0.25, -0.2) is 9.78 Å². The number of fused-ring (bicyclic) bond motifs is 5. The van der Waals surface area contributed by atoms with E-state index in [1.807, 2.05) is 13.0 Å². The molecule has 4 aliphatic carbocycles. The average Bonchev–Trinajstić information content (AvgIpc) is 3.53. The summed E-state index contributed by atoms with van der Waals surface area (Å²) in [6.07, 6.45) is 11.9. The van der Waals surface area contributed by atoms with Crippen LogP contribution in [0, 0.1) is 39.9 Å². The number of Topliss-reactive ketones (excluding diaryl/α,β-unsaturated/α-hetero) is 1. The summed E-state index contributed by atoms with van der Waals surface area (Å²) in [7, 11) is 0. The molecule has 1 heterocycles. The Labute approximate surface area is 248 Å². The molecule has 1 amide bonds. The maximum absolute atomic E-state index is 14.0. The van der Waals surface area contributed by atoms with Crippen LogP contribution in [-0.4, -0.2) is 51.6 Å². The monoisotopic (exact) mass is 578 g/mol. The van der Waals surface area contributed by atoms with Crippen LogP contribution in [0.5, 0.6) is 0 Å². The Kier molecular flexibility index (Phi) is 7.88. The molecular formula is C33H46N4O5. The van der Waals surface area contributed by atoms with Crippen molar-refractivity contribution in [2.75, 3.05) is 0 Å². The summed E-state index contributed by atoms with van der Waals surface area (Å²) in [5, 5.41) is 2.78. The lowest BCUT2D eigenvalue weighted by Gasteiger charge is -2.60. The zero-order chi connectivity index (χ0) is 30.6. The van der Waals surface area contributed by atoms with Crippen molar-refractivity contribution in [3.05, 3.63) is 42.0 Å². The number of aromatic amines is 1. The van der Waals surface area contributed by atoms with Crippen molar-refractivity contribution in [2.45, 2.75) is 98.3 Å². The molecule has 9 heteroatoms. The number of esters is 1. The molecule has 0 radical (unpaired) electrons. The van der Waals surface area contributed by atoms with E-state index in [9.17, 15) is 19.2 Å². The predicted octanol–water partition coefficient (Wildman–Crippen LogP) is 3.85. The molecule has 0 unspecified atom stereocenters. The standard InChI is InChI=1S/C33H46N4O5/c1-7-27(39)33(6)18(2)12-24-23-9-8-20-13-22(38)10-11-31(20,4)28(23)26(15-32(24,33)5)42-30(41)25(37-29(40)19(3)34)14-21-16-35-17-36-21/h10-11,13,16-19,23-26,28H,7-9,12,14-15,34H2,1-6H3,(H,35,36)(H,37,40)/t18-,19+,23+,24+,25+,26+,28-,31+,32+,33-/m1/s1. The van der Waals surface area contributed by atoms with Crippen LogP contribution < -0.4 is 11.1 Å². The molecule has 0 spiro atoms. The SMILES string of the molecule is CCC(=O)[C@@]1(C)[C@H](C)C[C@H]2[C@@H]3CCC4=CC(=O)C=C[C@]4(C)[C@H]3[C@@H](OC(=O)[C@H](Cc3cnc[nH]3)NC(=O)[C@H](C)N)C[C@@]21C. The molecule has 1 aromatic heterocycles. The van der Waals surface area contributed by atoms with Crippen molar-refractivity contribution in [3.63, 3.8) is 0 Å². The van der Waals surface area contributed by atoms with Gasteiger partial charge >= 0.3 is 5.97 Å². The third kappa shape index (κ3) is 4.68. The Balaban J connectivity index is 1.55. The Morgan fingerprint density at radius 3 is 2.64 bits per heavy atom. The smallest absolute Gasteiger partial charge is 0.329 e.